The first-order chi connectivity index (χ1) is 14.4. The molecule has 12 heteroatoms. The first kappa shape index (κ1) is 23.8. The van der Waals surface area contributed by atoms with Gasteiger partial charge in [0, 0.05) is 30.8 Å². The van der Waals surface area contributed by atoms with Crippen LogP contribution in [0.5, 0.6) is 5.75 Å². The van der Waals surface area contributed by atoms with E-state index in [9.17, 15) is 28.8 Å². The molecule has 0 amide bonds. The van der Waals surface area contributed by atoms with Crippen molar-refractivity contribution in [3.05, 3.63) is 59.9 Å². The van der Waals surface area contributed by atoms with Crippen molar-refractivity contribution in [2.24, 2.45) is 5.92 Å². The number of hydrogen-bond donors (Lipinski definition) is 3. The van der Waals surface area contributed by atoms with Gasteiger partial charge in [0.25, 0.3) is 5.08 Å². The number of nitrogens with zero attached hydrogens (tertiary/aromatic N) is 1. The fourth-order valence-electron chi connectivity index (χ4n) is 2.90. The van der Waals surface area contributed by atoms with Gasteiger partial charge in [-0.3, -0.25) is 28.0 Å². The maximum atomic E-state index is 12.8. The number of esters is 1. The number of pyridine rings is 1. The Balaban J connectivity index is 1.79. The molecule has 3 N–H and O–H groups in total. The standard InChI is InChI=1S/C19H23NO9P2/c1-13(2)10-17(21)27-16-7-5-15(6-8-16)18-28-30(23,24)19(22,31(25,26)29-18)11-14-4-3-9-20-12-14/h3-9,12-13,18,22H,10-11H2,1-2H3,(H,23,24)(H,25,26). The van der Waals surface area contributed by atoms with Gasteiger partial charge >= 0.3 is 21.2 Å². The lowest BCUT2D eigenvalue weighted by atomic mass is 10.1. The van der Waals surface area contributed by atoms with E-state index < -0.39 is 39.0 Å². The molecule has 0 aliphatic carbocycles. The van der Waals surface area contributed by atoms with E-state index in [0.29, 0.717) is 0 Å². The van der Waals surface area contributed by atoms with Crippen molar-refractivity contribution in [2.45, 2.75) is 38.1 Å². The Morgan fingerprint density at radius 1 is 1.16 bits per heavy atom. The molecule has 1 aromatic carbocycles. The van der Waals surface area contributed by atoms with E-state index >= 15 is 0 Å². The lowest BCUT2D eigenvalue weighted by molar-refractivity contribution is -0.135. The number of rotatable bonds is 6. The monoisotopic (exact) mass is 471 g/mol. The summed E-state index contributed by atoms with van der Waals surface area (Å²) in [5.41, 5.74) is 0.363. The van der Waals surface area contributed by atoms with Crippen LogP contribution in [0.25, 0.3) is 0 Å². The zero-order valence-corrected chi connectivity index (χ0v) is 18.6. The van der Waals surface area contributed by atoms with E-state index in [1.165, 1.54) is 48.8 Å². The molecule has 0 spiro atoms. The van der Waals surface area contributed by atoms with Gasteiger partial charge in [-0.1, -0.05) is 32.0 Å². The largest absolute Gasteiger partial charge is 0.427 e. The fourth-order valence-corrected chi connectivity index (χ4v) is 6.48. The van der Waals surface area contributed by atoms with Crippen molar-refractivity contribution in [3.63, 3.8) is 0 Å². The van der Waals surface area contributed by atoms with Crippen molar-refractivity contribution in [2.75, 3.05) is 0 Å². The molecule has 168 valence electrons. The minimum atomic E-state index is -5.06. The number of benzene rings is 1. The summed E-state index contributed by atoms with van der Waals surface area (Å²) in [7, 11) is -10.1. The first-order valence-corrected chi connectivity index (χ1v) is 12.5. The molecule has 1 aromatic heterocycles. The summed E-state index contributed by atoms with van der Waals surface area (Å²) in [4.78, 5) is 36.3. The Morgan fingerprint density at radius 3 is 2.29 bits per heavy atom. The minimum absolute atomic E-state index is 0.121. The third kappa shape index (κ3) is 5.13. The molecule has 1 saturated heterocycles. The molecule has 10 nitrogen and oxygen atoms in total. The average Bonchev–Trinajstić information content (AvgIpc) is 2.66. The van der Waals surface area contributed by atoms with Gasteiger partial charge in [0.2, 0.25) is 6.29 Å². The van der Waals surface area contributed by atoms with Gasteiger partial charge in [-0.2, -0.15) is 0 Å². The van der Waals surface area contributed by atoms with E-state index in [1.807, 2.05) is 13.8 Å². The molecular formula is C19H23NO9P2. The van der Waals surface area contributed by atoms with Crippen LogP contribution in [0.4, 0.5) is 0 Å². The number of hydrogen-bond acceptors (Lipinski definition) is 8. The molecule has 1 aliphatic rings. The Morgan fingerprint density at radius 2 is 1.77 bits per heavy atom. The van der Waals surface area contributed by atoms with Gasteiger partial charge in [-0.05, 0) is 29.7 Å². The molecule has 0 bridgehead atoms. The quantitative estimate of drug-likeness (QED) is 0.325. The van der Waals surface area contributed by atoms with E-state index in [-0.39, 0.29) is 29.2 Å². The summed E-state index contributed by atoms with van der Waals surface area (Å²) in [6.45, 7) is 3.75. The molecule has 0 saturated carbocycles. The van der Waals surface area contributed by atoms with Crippen molar-refractivity contribution < 1.29 is 42.6 Å². The van der Waals surface area contributed by atoms with Crippen molar-refractivity contribution in [3.8, 4) is 5.75 Å². The lowest BCUT2D eigenvalue weighted by Crippen LogP contribution is -2.37. The average molecular weight is 471 g/mol. The highest BCUT2D eigenvalue weighted by Gasteiger charge is 2.67. The Hall–Kier alpha value is -1.90. The molecular weight excluding hydrogens is 448 g/mol. The second-order valence-corrected chi connectivity index (χ2v) is 11.9. The van der Waals surface area contributed by atoms with Gasteiger partial charge in [0.1, 0.15) is 5.75 Å². The predicted molar refractivity (Wildman–Crippen MR) is 109 cm³/mol. The number of aromatic nitrogens is 1. The second-order valence-electron chi connectivity index (χ2n) is 7.54. The van der Waals surface area contributed by atoms with Crippen LogP contribution >= 0.6 is 15.2 Å². The molecule has 3 rings (SSSR count). The number of aliphatic hydroxyl groups is 1. The molecule has 31 heavy (non-hydrogen) atoms. The highest BCUT2D eigenvalue weighted by Crippen LogP contribution is 2.79. The molecule has 2 heterocycles. The zero-order chi connectivity index (χ0) is 22.9. The maximum absolute atomic E-state index is 12.8. The van der Waals surface area contributed by atoms with Crippen LogP contribution in [-0.2, 0) is 29.4 Å². The number of carbonyl (C=O) groups excluding carboxylic acids is 1. The van der Waals surface area contributed by atoms with E-state index in [1.54, 1.807) is 0 Å². The Labute approximate surface area is 178 Å². The van der Waals surface area contributed by atoms with Crippen LogP contribution in [0.3, 0.4) is 0 Å². The van der Waals surface area contributed by atoms with Crippen LogP contribution in [0.2, 0.25) is 0 Å². The summed E-state index contributed by atoms with van der Waals surface area (Å²) in [6.07, 6.45) is 0.580. The van der Waals surface area contributed by atoms with Crippen LogP contribution in [0, 0.1) is 5.92 Å². The molecule has 0 radical (unpaired) electrons. The molecule has 2 unspecified atom stereocenters. The summed E-state index contributed by atoms with van der Waals surface area (Å²) in [5.74, 6) is -0.0793. The maximum Gasteiger partial charge on any atom is 0.374 e. The van der Waals surface area contributed by atoms with Crippen LogP contribution in [0.1, 0.15) is 37.7 Å². The van der Waals surface area contributed by atoms with Gasteiger partial charge in [0.15, 0.2) is 0 Å². The van der Waals surface area contributed by atoms with E-state index in [0.717, 1.165) is 0 Å². The van der Waals surface area contributed by atoms with Gasteiger partial charge in [0.05, 0.1) is 0 Å². The third-order valence-corrected chi connectivity index (χ3v) is 9.10. The first-order valence-electron chi connectivity index (χ1n) is 9.38. The van der Waals surface area contributed by atoms with E-state index in [4.69, 9.17) is 13.8 Å². The van der Waals surface area contributed by atoms with Crippen LogP contribution in [0.15, 0.2) is 48.8 Å². The number of ether oxygens (including phenoxy) is 1. The minimum Gasteiger partial charge on any atom is -0.427 e. The van der Waals surface area contributed by atoms with Crippen molar-refractivity contribution in [1.82, 2.24) is 4.98 Å². The van der Waals surface area contributed by atoms with Crippen molar-refractivity contribution in [1.29, 1.82) is 0 Å². The highest BCUT2D eigenvalue weighted by atomic mass is 31.2. The van der Waals surface area contributed by atoms with Gasteiger partial charge in [-0.15, -0.1) is 0 Å². The Kier molecular flexibility index (Phi) is 6.84. The molecule has 2 atom stereocenters. The Bertz CT molecular complexity index is 1000. The van der Waals surface area contributed by atoms with Gasteiger partial charge < -0.3 is 19.6 Å². The van der Waals surface area contributed by atoms with Crippen LogP contribution in [-0.4, -0.2) is 30.9 Å². The predicted octanol–water partition coefficient (Wildman–Crippen LogP) is 3.34. The van der Waals surface area contributed by atoms with Crippen LogP contribution < -0.4 is 4.74 Å². The molecule has 2 aromatic rings. The highest BCUT2D eigenvalue weighted by molar-refractivity contribution is 7.73. The zero-order valence-electron chi connectivity index (χ0n) is 16.8. The molecule has 1 fully saturated rings. The second kappa shape index (κ2) is 8.92. The summed E-state index contributed by atoms with van der Waals surface area (Å²) in [5, 5.41) is 7.63. The number of carbonyl (C=O) groups is 1. The van der Waals surface area contributed by atoms with Crippen molar-refractivity contribution >= 4 is 21.2 Å². The third-order valence-electron chi connectivity index (χ3n) is 4.51. The summed E-state index contributed by atoms with van der Waals surface area (Å²) in [6, 6.07) is 8.47. The molecule has 1 aliphatic heterocycles. The SMILES string of the molecule is CC(C)CC(=O)Oc1ccc(C2OP(=O)(O)C(O)(Cc3cccnc3)P(=O)(O)O2)cc1. The fraction of sp³-hybridized carbons (Fsp3) is 0.368. The topological polar surface area (TPSA) is 152 Å². The summed E-state index contributed by atoms with van der Waals surface area (Å²) < 4.78 is 40.8. The summed E-state index contributed by atoms with van der Waals surface area (Å²) >= 11 is 0. The normalized spacial score (nSPS) is 30.8. The smallest absolute Gasteiger partial charge is 0.374 e. The van der Waals surface area contributed by atoms with E-state index in [2.05, 4.69) is 4.98 Å². The van der Waals surface area contributed by atoms with Gasteiger partial charge in [-0.25, -0.2) is 0 Å². The lowest BCUT2D eigenvalue weighted by Gasteiger charge is -2.41.